The molecule has 0 fully saturated rings. The van der Waals surface area contributed by atoms with Crippen molar-refractivity contribution in [2.24, 2.45) is 0 Å². The first-order chi connectivity index (χ1) is 1.73. The van der Waals surface area contributed by atoms with Gasteiger partial charge in [-0.15, -0.1) is 0 Å². The maximum atomic E-state index is 3.80. The van der Waals surface area contributed by atoms with E-state index in [4.69, 9.17) is 0 Å². The van der Waals surface area contributed by atoms with Crippen LogP contribution < -0.4 is 0 Å². The summed E-state index contributed by atoms with van der Waals surface area (Å²) in [5.74, 6) is 0. The largest absolute Gasteiger partial charge is 0.259 e. The van der Waals surface area contributed by atoms with E-state index >= 15 is 0 Å². The number of rotatable bonds is 0. The number of hydrogen-bond donors (Lipinski definition) is 1. The van der Waals surface area contributed by atoms with Crippen molar-refractivity contribution in [2.75, 3.05) is 14.1 Å². The van der Waals surface area contributed by atoms with Gasteiger partial charge in [-0.3, -0.25) is 4.31 Å². The van der Waals surface area contributed by atoms with Gasteiger partial charge in [0.2, 0.25) is 0 Å². The second-order valence-electron chi connectivity index (χ2n) is 0.847. The normalized spacial score (nSPS) is 7.20. The Morgan fingerprint density at radius 3 is 1.40 bits per heavy atom. The molecule has 34 valence electrons. The van der Waals surface area contributed by atoms with Crippen LogP contribution in [0, 0.1) is 0 Å². The van der Waals surface area contributed by atoms with Gasteiger partial charge in [-0.1, -0.05) is 12.8 Å². The van der Waals surface area contributed by atoms with Gasteiger partial charge in [0.05, 0.1) is 0 Å². The maximum absolute atomic E-state index is 3.80. The highest BCUT2D eigenvalue weighted by Gasteiger charge is 1.59. The molecule has 0 saturated carbocycles. The lowest BCUT2D eigenvalue weighted by Crippen LogP contribution is -1.89. The zero-order valence-corrected chi connectivity index (χ0v) is 5.29. The molecule has 0 aliphatic carbocycles. The van der Waals surface area contributed by atoms with Crippen molar-refractivity contribution in [1.29, 1.82) is 0 Å². The minimum Gasteiger partial charge on any atom is -0.259 e. The van der Waals surface area contributed by atoms with Crippen LogP contribution in [0.15, 0.2) is 0 Å². The van der Waals surface area contributed by atoms with Gasteiger partial charge in [0.25, 0.3) is 0 Å². The van der Waals surface area contributed by atoms with E-state index in [1.165, 1.54) is 0 Å². The summed E-state index contributed by atoms with van der Waals surface area (Å²) in [6.07, 6.45) is 0. The molecule has 5 heavy (non-hydrogen) atoms. The molecule has 3 heteroatoms. The molecule has 0 unspecified atom stereocenters. The average molecular weight is 111 g/mol. The van der Waals surface area contributed by atoms with Crippen molar-refractivity contribution < 1.29 is 0 Å². The van der Waals surface area contributed by atoms with E-state index in [1.807, 2.05) is 14.1 Å². The molecule has 0 amide bonds. The van der Waals surface area contributed by atoms with Crippen LogP contribution in [0.5, 0.6) is 0 Å². The summed E-state index contributed by atoms with van der Waals surface area (Å²) < 4.78 is 1.69. The third kappa shape index (κ3) is 75.7. The van der Waals surface area contributed by atoms with E-state index in [0.29, 0.717) is 0 Å². The van der Waals surface area contributed by atoms with Crippen LogP contribution in [-0.4, -0.2) is 18.4 Å². The lowest BCUT2D eigenvalue weighted by molar-refractivity contribution is 0.714. The molecule has 0 aromatic carbocycles. The van der Waals surface area contributed by atoms with E-state index in [-0.39, 0.29) is 13.5 Å². The Morgan fingerprint density at radius 1 is 1.40 bits per heavy atom. The molecule has 0 spiro atoms. The maximum Gasteiger partial charge on any atom is -0.00309 e. The standard InChI is InChI=1S/C2H7NS.H2S/c1-3(2)4;/h4H,1-2H3;1H2. The summed E-state index contributed by atoms with van der Waals surface area (Å²) in [5.41, 5.74) is 0. The van der Waals surface area contributed by atoms with Gasteiger partial charge in [-0.2, -0.15) is 13.5 Å². The van der Waals surface area contributed by atoms with E-state index in [0.717, 1.165) is 0 Å². The first-order valence-corrected chi connectivity index (χ1v) is 1.49. The number of nitrogens with zero attached hydrogens (tertiary/aromatic N) is 1. The lowest BCUT2D eigenvalue weighted by Gasteiger charge is -1.88. The van der Waals surface area contributed by atoms with Gasteiger partial charge in [0.15, 0.2) is 0 Å². The fourth-order valence-corrected chi connectivity index (χ4v) is 0. The van der Waals surface area contributed by atoms with Crippen LogP contribution >= 0.6 is 26.3 Å². The highest BCUT2D eigenvalue weighted by atomic mass is 32.1. The SMILES string of the molecule is CN(C)S.S. The highest BCUT2D eigenvalue weighted by Crippen LogP contribution is 1.69. The quantitative estimate of drug-likeness (QED) is 0.446. The van der Waals surface area contributed by atoms with Crippen LogP contribution in [0.1, 0.15) is 0 Å². The Labute approximate surface area is 45.3 Å². The summed E-state index contributed by atoms with van der Waals surface area (Å²) in [7, 11) is 3.73. The predicted molar refractivity (Wildman–Crippen MR) is 33.1 cm³/mol. The first-order valence-electron chi connectivity index (χ1n) is 1.09. The summed E-state index contributed by atoms with van der Waals surface area (Å²) in [5, 5.41) is 0. The van der Waals surface area contributed by atoms with Crippen LogP contribution in [0.2, 0.25) is 0 Å². The van der Waals surface area contributed by atoms with Gasteiger partial charge in [-0.25, -0.2) is 0 Å². The fourth-order valence-electron chi connectivity index (χ4n) is 0. The Balaban J connectivity index is 0. The molecule has 0 bridgehead atoms. The van der Waals surface area contributed by atoms with Gasteiger partial charge in [-0.05, 0) is 14.1 Å². The van der Waals surface area contributed by atoms with E-state index < -0.39 is 0 Å². The van der Waals surface area contributed by atoms with Crippen LogP contribution in [-0.2, 0) is 0 Å². The van der Waals surface area contributed by atoms with Crippen molar-refractivity contribution in [1.82, 2.24) is 4.31 Å². The Morgan fingerprint density at radius 2 is 1.40 bits per heavy atom. The molecule has 0 saturated heterocycles. The average Bonchev–Trinajstić information content (AvgIpc) is 0.811. The molecule has 0 rings (SSSR count). The molecule has 1 nitrogen and oxygen atoms in total. The monoisotopic (exact) mass is 111 g/mol. The second-order valence-corrected chi connectivity index (χ2v) is 1.65. The van der Waals surface area contributed by atoms with Crippen LogP contribution in [0.4, 0.5) is 0 Å². The van der Waals surface area contributed by atoms with Crippen molar-refractivity contribution in [2.45, 2.75) is 0 Å². The van der Waals surface area contributed by atoms with Crippen LogP contribution in [0.3, 0.4) is 0 Å². The summed E-state index contributed by atoms with van der Waals surface area (Å²) in [6, 6.07) is 0. The predicted octanol–water partition coefficient (Wildman–Crippen LogP) is 0.506. The van der Waals surface area contributed by atoms with Crippen molar-refractivity contribution >= 4 is 26.3 Å². The molecule has 0 N–H and O–H groups in total. The molecule has 0 atom stereocenters. The Bertz CT molecular complexity index is 12.4. The van der Waals surface area contributed by atoms with Crippen molar-refractivity contribution in [3.63, 3.8) is 0 Å². The topological polar surface area (TPSA) is 3.24 Å². The second kappa shape index (κ2) is 4.66. The van der Waals surface area contributed by atoms with Gasteiger partial charge >= 0.3 is 0 Å². The highest BCUT2D eigenvalue weighted by molar-refractivity contribution is 7.77. The number of hydrogen-bond acceptors (Lipinski definition) is 2. The number of thiol groups is 1. The minimum atomic E-state index is 0. The fraction of sp³-hybridized carbons (Fsp3) is 1.00. The molecule has 0 radical (unpaired) electrons. The van der Waals surface area contributed by atoms with Gasteiger partial charge in [0.1, 0.15) is 0 Å². The van der Waals surface area contributed by atoms with Crippen molar-refractivity contribution in [3.05, 3.63) is 0 Å². The third-order valence-electron chi connectivity index (χ3n) is 0. The molecule has 0 aromatic heterocycles. The van der Waals surface area contributed by atoms with Crippen molar-refractivity contribution in [3.8, 4) is 0 Å². The third-order valence-corrected chi connectivity index (χ3v) is 0. The molecule has 0 aliphatic rings. The summed E-state index contributed by atoms with van der Waals surface area (Å²) >= 11 is 3.80. The molecule has 0 aliphatic heterocycles. The Kier molecular flexibility index (Phi) is 8.55. The Hall–Kier alpha value is 0.660. The van der Waals surface area contributed by atoms with Gasteiger partial charge < -0.3 is 0 Å². The zero-order valence-electron chi connectivity index (χ0n) is 3.39. The van der Waals surface area contributed by atoms with Gasteiger partial charge in [0, 0.05) is 0 Å². The smallest absolute Gasteiger partial charge is 0.00309 e. The van der Waals surface area contributed by atoms with Crippen LogP contribution in [0.25, 0.3) is 0 Å². The lowest BCUT2D eigenvalue weighted by atomic mass is 11.3. The summed E-state index contributed by atoms with van der Waals surface area (Å²) in [6.45, 7) is 0. The molecule has 0 heterocycles. The van der Waals surface area contributed by atoms with E-state index in [2.05, 4.69) is 12.8 Å². The zero-order chi connectivity index (χ0) is 3.58. The summed E-state index contributed by atoms with van der Waals surface area (Å²) in [4.78, 5) is 0. The van der Waals surface area contributed by atoms with E-state index in [9.17, 15) is 0 Å². The molecule has 0 aromatic rings. The minimum absolute atomic E-state index is 0. The first kappa shape index (κ1) is 9.18. The molecular weight excluding hydrogens is 102 g/mol. The molecular formula is C2H9NS2. The van der Waals surface area contributed by atoms with E-state index in [1.54, 1.807) is 4.31 Å².